The molecule has 0 spiro atoms. The minimum Gasteiger partial charge on any atom is -0.336 e. The molecule has 0 bridgehead atoms. The largest absolute Gasteiger partial charge is 0.336 e. The zero-order chi connectivity index (χ0) is 30.4. The molecule has 0 aromatic heterocycles. The molecule has 4 aliphatic heterocycles. The van der Waals surface area contributed by atoms with E-state index in [0.717, 1.165) is 0 Å². The lowest BCUT2D eigenvalue weighted by atomic mass is 9.33. The average molecular weight is 571 g/mol. The third kappa shape index (κ3) is 2.69. The van der Waals surface area contributed by atoms with Gasteiger partial charge in [-0.25, -0.2) is 0 Å². The first-order valence-electron chi connectivity index (χ1n) is 16.2. The first kappa shape index (κ1) is 26.2. The van der Waals surface area contributed by atoms with Gasteiger partial charge < -0.3 is 9.80 Å². The molecule has 5 aromatic carbocycles. The van der Waals surface area contributed by atoms with Gasteiger partial charge in [0.1, 0.15) is 0 Å². The van der Waals surface area contributed by atoms with Gasteiger partial charge in [0.25, 0.3) is 6.71 Å². The molecule has 2 nitrogen and oxygen atoms in total. The summed E-state index contributed by atoms with van der Waals surface area (Å²) in [6.45, 7) is 17.2. The van der Waals surface area contributed by atoms with Gasteiger partial charge in [-0.15, -0.1) is 0 Å². The maximum atomic E-state index is 2.76. The zero-order valence-electron chi connectivity index (χ0n) is 26.9. The van der Waals surface area contributed by atoms with Crippen molar-refractivity contribution in [2.45, 2.75) is 70.4 Å². The van der Waals surface area contributed by atoms with Crippen LogP contribution in [0.3, 0.4) is 0 Å². The lowest BCUT2D eigenvalue weighted by molar-refractivity contribution is 0.330. The van der Waals surface area contributed by atoms with Crippen LogP contribution in [0.15, 0.2) is 109 Å². The number of aryl methyl sites for hydroxylation is 1. The summed E-state index contributed by atoms with van der Waals surface area (Å²) in [5.41, 5.74) is 16.0. The van der Waals surface area contributed by atoms with Gasteiger partial charge in [0.15, 0.2) is 0 Å². The Bertz CT molecular complexity index is 2030. The first-order valence-corrected chi connectivity index (χ1v) is 16.2. The van der Waals surface area contributed by atoms with Crippen molar-refractivity contribution < 1.29 is 0 Å². The van der Waals surface area contributed by atoms with Crippen LogP contribution < -0.4 is 26.2 Å². The Labute approximate surface area is 262 Å². The summed E-state index contributed by atoms with van der Waals surface area (Å²) in [5, 5.41) is 0. The molecule has 2 unspecified atom stereocenters. The van der Waals surface area contributed by atoms with Crippen LogP contribution in [0.1, 0.15) is 69.4 Å². The van der Waals surface area contributed by atoms with Crippen LogP contribution in [0.4, 0.5) is 22.7 Å². The lowest BCUT2D eigenvalue weighted by Crippen LogP contribution is -2.65. The van der Waals surface area contributed by atoms with Gasteiger partial charge in [-0.05, 0) is 91.0 Å². The molecule has 9 rings (SSSR count). The summed E-state index contributed by atoms with van der Waals surface area (Å²) in [6.07, 6.45) is 0. The highest BCUT2D eigenvalue weighted by molar-refractivity contribution is 7.00. The summed E-state index contributed by atoms with van der Waals surface area (Å²) < 4.78 is 0. The number of hydrogen-bond donors (Lipinski definition) is 0. The van der Waals surface area contributed by atoms with Crippen molar-refractivity contribution in [2.75, 3.05) is 9.80 Å². The molecule has 4 aliphatic rings. The van der Waals surface area contributed by atoms with E-state index in [9.17, 15) is 0 Å². The van der Waals surface area contributed by atoms with Crippen LogP contribution in [0.5, 0.6) is 0 Å². The Balaban J connectivity index is 1.46. The number of para-hydroxylation sites is 2. The van der Waals surface area contributed by atoms with Gasteiger partial charge in [-0.1, -0.05) is 111 Å². The number of hydrogen-bond acceptors (Lipinski definition) is 2. The van der Waals surface area contributed by atoms with Crippen LogP contribution in [-0.2, 0) is 16.4 Å². The molecule has 216 valence electrons. The van der Waals surface area contributed by atoms with E-state index in [1.54, 1.807) is 0 Å². The first-order chi connectivity index (χ1) is 21.0. The van der Waals surface area contributed by atoms with Crippen molar-refractivity contribution in [3.8, 4) is 0 Å². The van der Waals surface area contributed by atoms with E-state index < -0.39 is 0 Å². The monoisotopic (exact) mass is 570 g/mol. The van der Waals surface area contributed by atoms with Gasteiger partial charge in [0, 0.05) is 39.1 Å². The minimum atomic E-state index is -0.373. The van der Waals surface area contributed by atoms with E-state index >= 15 is 0 Å². The summed E-state index contributed by atoms with van der Waals surface area (Å²) in [6, 6.07) is 41.7. The fourth-order valence-electron chi connectivity index (χ4n) is 9.67. The molecule has 0 radical (unpaired) electrons. The topological polar surface area (TPSA) is 6.48 Å². The molecular formula is C41H39BN2. The SMILES string of the molecule is Cc1cc2c3c(c1)N1c4c(cccc4C(C)(c4ccccc4)C1(C)c1ccccc1)B3c1cccc3c1N2C(C)(C)C3(C)C. The third-order valence-corrected chi connectivity index (χ3v) is 12.7. The van der Waals surface area contributed by atoms with Gasteiger partial charge in [0.2, 0.25) is 0 Å². The summed E-state index contributed by atoms with van der Waals surface area (Å²) >= 11 is 0. The second-order valence-electron chi connectivity index (χ2n) is 14.9. The number of fused-ring (bicyclic) bond motifs is 4. The molecule has 0 saturated carbocycles. The minimum absolute atomic E-state index is 0.00562. The summed E-state index contributed by atoms with van der Waals surface area (Å²) in [4.78, 5) is 5.46. The van der Waals surface area contributed by atoms with Crippen molar-refractivity contribution in [2.24, 2.45) is 0 Å². The highest BCUT2D eigenvalue weighted by atomic mass is 15.3. The van der Waals surface area contributed by atoms with Crippen molar-refractivity contribution in [1.82, 2.24) is 0 Å². The maximum Gasteiger partial charge on any atom is 0.252 e. The molecular weight excluding hydrogens is 531 g/mol. The van der Waals surface area contributed by atoms with E-state index in [1.807, 2.05) is 0 Å². The molecule has 2 atom stereocenters. The Morgan fingerprint density at radius 2 is 1.07 bits per heavy atom. The quantitative estimate of drug-likeness (QED) is 0.201. The molecule has 0 N–H and O–H groups in total. The predicted octanol–water partition coefficient (Wildman–Crippen LogP) is 7.72. The van der Waals surface area contributed by atoms with E-state index in [4.69, 9.17) is 0 Å². The molecule has 44 heavy (non-hydrogen) atoms. The maximum absolute atomic E-state index is 2.76. The van der Waals surface area contributed by atoms with E-state index in [0.29, 0.717) is 0 Å². The second kappa shape index (κ2) is 8.07. The van der Waals surface area contributed by atoms with Gasteiger partial charge in [0.05, 0.1) is 5.54 Å². The Hall–Kier alpha value is -4.24. The number of rotatable bonds is 2. The second-order valence-corrected chi connectivity index (χ2v) is 14.9. The van der Waals surface area contributed by atoms with Crippen LogP contribution in [0.25, 0.3) is 0 Å². The van der Waals surface area contributed by atoms with Gasteiger partial charge in [-0.3, -0.25) is 0 Å². The van der Waals surface area contributed by atoms with Crippen molar-refractivity contribution in [3.63, 3.8) is 0 Å². The van der Waals surface area contributed by atoms with Crippen molar-refractivity contribution >= 4 is 45.9 Å². The Morgan fingerprint density at radius 1 is 0.545 bits per heavy atom. The normalized spacial score (nSPS) is 24.2. The average Bonchev–Trinajstić information content (AvgIpc) is 3.34. The third-order valence-electron chi connectivity index (χ3n) is 12.7. The van der Waals surface area contributed by atoms with Crippen LogP contribution in [-0.4, -0.2) is 12.3 Å². The van der Waals surface area contributed by atoms with Gasteiger partial charge in [-0.2, -0.15) is 0 Å². The zero-order valence-corrected chi connectivity index (χ0v) is 26.9. The van der Waals surface area contributed by atoms with Crippen LogP contribution in [0.2, 0.25) is 0 Å². The summed E-state index contributed by atoms with van der Waals surface area (Å²) in [7, 11) is 0. The number of nitrogens with zero attached hydrogens (tertiary/aromatic N) is 2. The summed E-state index contributed by atoms with van der Waals surface area (Å²) in [5.74, 6) is 0. The standard InChI is InChI=1S/C41H39BN2/c1-26-24-33-35-34(25-26)44-37-30(40(6,27-16-10-8-11-17-27)41(44,7)28-18-12-9-13-19-28)21-15-23-32(37)42(35)31-22-14-20-29-36(31)43(33)39(4,5)38(29,2)3/h8-25H,1-7H3. The fourth-order valence-corrected chi connectivity index (χ4v) is 9.67. The lowest BCUT2D eigenvalue weighted by Gasteiger charge is -2.52. The molecule has 3 heteroatoms. The molecule has 0 amide bonds. The Kier molecular flexibility index (Phi) is 4.80. The molecule has 5 aromatic rings. The fraction of sp³-hybridized carbons (Fsp3) is 0.268. The van der Waals surface area contributed by atoms with Crippen LogP contribution >= 0.6 is 0 Å². The molecule has 0 aliphatic carbocycles. The number of anilines is 4. The highest BCUT2D eigenvalue weighted by Gasteiger charge is 2.63. The molecule has 4 heterocycles. The van der Waals surface area contributed by atoms with Crippen molar-refractivity contribution in [3.05, 3.63) is 137 Å². The van der Waals surface area contributed by atoms with E-state index in [-0.39, 0.29) is 28.6 Å². The van der Waals surface area contributed by atoms with E-state index in [2.05, 4.69) is 167 Å². The van der Waals surface area contributed by atoms with Gasteiger partial charge >= 0.3 is 0 Å². The molecule has 0 fully saturated rings. The molecule has 0 saturated heterocycles. The number of benzene rings is 5. The van der Waals surface area contributed by atoms with Crippen LogP contribution in [0, 0.1) is 6.92 Å². The smallest absolute Gasteiger partial charge is 0.252 e. The highest BCUT2D eigenvalue weighted by Crippen LogP contribution is 2.64. The Morgan fingerprint density at radius 3 is 1.68 bits per heavy atom. The van der Waals surface area contributed by atoms with E-state index in [1.165, 1.54) is 67.0 Å². The van der Waals surface area contributed by atoms with Crippen molar-refractivity contribution in [1.29, 1.82) is 0 Å². The predicted molar refractivity (Wildman–Crippen MR) is 187 cm³/mol.